The zero-order valence-electron chi connectivity index (χ0n) is 14.0. The van der Waals surface area contributed by atoms with E-state index < -0.39 is 18.5 Å². The second kappa shape index (κ2) is 8.79. The van der Waals surface area contributed by atoms with Crippen molar-refractivity contribution in [2.24, 2.45) is 0 Å². The SMILES string of the molecule is O=C(COC(=O)C=Cc1ccc2c(c1)OCCO2)Nc1cc(Cl)ccc1Cl. The van der Waals surface area contributed by atoms with Gasteiger partial charge in [-0.1, -0.05) is 29.3 Å². The Hall–Kier alpha value is -2.70. The fraction of sp³-hybridized carbons (Fsp3) is 0.158. The first kappa shape index (κ1) is 19.1. The van der Waals surface area contributed by atoms with Crippen LogP contribution in [0, 0.1) is 0 Å². The average molecular weight is 408 g/mol. The molecule has 1 aliphatic heterocycles. The molecule has 1 N–H and O–H groups in total. The van der Waals surface area contributed by atoms with Crippen LogP contribution in [0.4, 0.5) is 5.69 Å². The van der Waals surface area contributed by atoms with E-state index in [9.17, 15) is 9.59 Å². The summed E-state index contributed by atoms with van der Waals surface area (Å²) < 4.78 is 15.8. The highest BCUT2D eigenvalue weighted by atomic mass is 35.5. The quantitative estimate of drug-likeness (QED) is 0.599. The normalized spacial score (nSPS) is 12.7. The number of carbonyl (C=O) groups excluding carboxylic acids is 2. The van der Waals surface area contributed by atoms with Gasteiger partial charge in [-0.3, -0.25) is 4.79 Å². The lowest BCUT2D eigenvalue weighted by Gasteiger charge is -2.18. The lowest BCUT2D eigenvalue weighted by Crippen LogP contribution is -2.20. The Labute approximate surface area is 165 Å². The third-order valence-electron chi connectivity index (χ3n) is 3.53. The molecule has 8 heteroatoms. The van der Waals surface area contributed by atoms with Crippen molar-refractivity contribution < 1.29 is 23.8 Å². The van der Waals surface area contributed by atoms with Crippen molar-refractivity contribution in [3.05, 3.63) is 58.1 Å². The molecule has 1 amide bonds. The highest BCUT2D eigenvalue weighted by Gasteiger charge is 2.11. The van der Waals surface area contributed by atoms with Crippen LogP contribution in [0.15, 0.2) is 42.5 Å². The number of benzene rings is 2. The smallest absolute Gasteiger partial charge is 0.331 e. The fourth-order valence-electron chi connectivity index (χ4n) is 2.29. The molecule has 2 aromatic carbocycles. The van der Waals surface area contributed by atoms with Crippen molar-refractivity contribution in [2.75, 3.05) is 25.1 Å². The summed E-state index contributed by atoms with van der Waals surface area (Å²) in [5.74, 6) is 0.101. The molecule has 27 heavy (non-hydrogen) atoms. The van der Waals surface area contributed by atoms with Gasteiger partial charge in [-0.2, -0.15) is 0 Å². The lowest BCUT2D eigenvalue weighted by molar-refractivity contribution is -0.142. The van der Waals surface area contributed by atoms with Gasteiger partial charge in [-0.15, -0.1) is 0 Å². The predicted octanol–water partition coefficient (Wildman–Crippen LogP) is 3.96. The molecule has 1 aliphatic rings. The summed E-state index contributed by atoms with van der Waals surface area (Å²) in [6, 6.07) is 9.97. The van der Waals surface area contributed by atoms with E-state index in [-0.39, 0.29) is 0 Å². The summed E-state index contributed by atoms with van der Waals surface area (Å²) in [6.07, 6.45) is 2.79. The van der Waals surface area contributed by atoms with E-state index >= 15 is 0 Å². The number of rotatable bonds is 5. The molecule has 3 rings (SSSR count). The van der Waals surface area contributed by atoms with Crippen LogP contribution < -0.4 is 14.8 Å². The number of carbonyl (C=O) groups is 2. The first-order chi connectivity index (χ1) is 13.0. The van der Waals surface area contributed by atoms with Crippen LogP contribution in [0.1, 0.15) is 5.56 Å². The standard InChI is InChI=1S/C19H15Cl2NO5/c20-13-3-4-14(21)15(10-13)22-18(23)11-27-19(24)6-2-12-1-5-16-17(9-12)26-8-7-25-16/h1-6,9-10H,7-8,11H2,(H,22,23). The molecule has 0 atom stereocenters. The zero-order chi connectivity index (χ0) is 19.2. The van der Waals surface area contributed by atoms with Gasteiger partial charge in [-0.05, 0) is 42.0 Å². The van der Waals surface area contributed by atoms with Gasteiger partial charge in [-0.25, -0.2) is 4.79 Å². The minimum absolute atomic E-state index is 0.331. The van der Waals surface area contributed by atoms with Gasteiger partial charge >= 0.3 is 5.97 Å². The maximum atomic E-state index is 11.9. The third-order valence-corrected chi connectivity index (χ3v) is 4.09. The molecule has 0 aliphatic carbocycles. The fourth-order valence-corrected chi connectivity index (χ4v) is 2.63. The highest BCUT2D eigenvalue weighted by molar-refractivity contribution is 6.35. The van der Waals surface area contributed by atoms with Crippen molar-refractivity contribution in [3.8, 4) is 11.5 Å². The van der Waals surface area contributed by atoms with Gasteiger partial charge in [0.25, 0.3) is 5.91 Å². The van der Waals surface area contributed by atoms with Crippen LogP contribution in [0.3, 0.4) is 0 Å². The van der Waals surface area contributed by atoms with Crippen LogP contribution in [-0.4, -0.2) is 31.7 Å². The van der Waals surface area contributed by atoms with E-state index in [1.54, 1.807) is 36.4 Å². The molecule has 0 saturated carbocycles. The molecular weight excluding hydrogens is 393 g/mol. The maximum absolute atomic E-state index is 11.9. The summed E-state index contributed by atoms with van der Waals surface area (Å²) in [4.78, 5) is 23.7. The molecular formula is C19H15Cl2NO5. The number of amides is 1. The number of fused-ring (bicyclic) bond motifs is 1. The van der Waals surface area contributed by atoms with E-state index in [1.807, 2.05) is 0 Å². The van der Waals surface area contributed by atoms with Crippen LogP contribution >= 0.6 is 23.2 Å². The molecule has 0 aromatic heterocycles. The average Bonchev–Trinajstić information content (AvgIpc) is 2.67. The highest BCUT2D eigenvalue weighted by Crippen LogP contribution is 2.31. The second-order valence-corrected chi connectivity index (χ2v) is 6.36. The zero-order valence-corrected chi connectivity index (χ0v) is 15.5. The van der Waals surface area contributed by atoms with Gasteiger partial charge in [0.2, 0.25) is 0 Å². The number of hydrogen-bond donors (Lipinski definition) is 1. The van der Waals surface area contributed by atoms with Gasteiger partial charge in [0.1, 0.15) is 13.2 Å². The first-order valence-corrected chi connectivity index (χ1v) is 8.76. The first-order valence-electron chi connectivity index (χ1n) is 8.00. The number of anilines is 1. The molecule has 0 bridgehead atoms. The maximum Gasteiger partial charge on any atom is 0.331 e. The minimum Gasteiger partial charge on any atom is -0.486 e. The number of nitrogens with one attached hydrogen (secondary N) is 1. The van der Waals surface area contributed by atoms with Crippen molar-refractivity contribution >= 4 is 46.8 Å². The monoisotopic (exact) mass is 407 g/mol. The van der Waals surface area contributed by atoms with Crippen molar-refractivity contribution in [1.82, 2.24) is 0 Å². The molecule has 0 unspecified atom stereocenters. The van der Waals surface area contributed by atoms with E-state index in [0.717, 1.165) is 5.56 Å². The summed E-state index contributed by atoms with van der Waals surface area (Å²) >= 11 is 11.8. The molecule has 1 heterocycles. The van der Waals surface area contributed by atoms with E-state index in [1.165, 1.54) is 12.1 Å². The topological polar surface area (TPSA) is 73.9 Å². The Bertz CT molecular complexity index is 898. The summed E-state index contributed by atoms with van der Waals surface area (Å²) in [6.45, 7) is 0.540. The largest absolute Gasteiger partial charge is 0.486 e. The molecule has 0 saturated heterocycles. The van der Waals surface area contributed by atoms with Crippen LogP contribution in [0.25, 0.3) is 6.08 Å². The van der Waals surface area contributed by atoms with Crippen molar-refractivity contribution in [2.45, 2.75) is 0 Å². The van der Waals surface area contributed by atoms with Crippen molar-refractivity contribution in [1.29, 1.82) is 0 Å². The Morgan fingerprint density at radius 2 is 1.85 bits per heavy atom. The lowest BCUT2D eigenvalue weighted by atomic mass is 10.2. The van der Waals surface area contributed by atoms with E-state index in [2.05, 4.69) is 5.32 Å². The number of esters is 1. The van der Waals surface area contributed by atoms with Gasteiger partial charge in [0.05, 0.1) is 10.7 Å². The Morgan fingerprint density at radius 3 is 2.67 bits per heavy atom. The summed E-state index contributed by atoms with van der Waals surface area (Å²) in [5, 5.41) is 3.28. The van der Waals surface area contributed by atoms with E-state index in [4.69, 9.17) is 37.4 Å². The Morgan fingerprint density at radius 1 is 1.07 bits per heavy atom. The van der Waals surface area contributed by atoms with Crippen LogP contribution in [0.5, 0.6) is 11.5 Å². The molecule has 0 spiro atoms. The van der Waals surface area contributed by atoms with Gasteiger partial charge in [0, 0.05) is 11.1 Å². The number of hydrogen-bond acceptors (Lipinski definition) is 5. The van der Waals surface area contributed by atoms with Crippen LogP contribution in [-0.2, 0) is 14.3 Å². The number of halogens is 2. The van der Waals surface area contributed by atoms with E-state index in [0.29, 0.717) is 40.4 Å². The third kappa shape index (κ3) is 5.39. The van der Waals surface area contributed by atoms with Gasteiger partial charge < -0.3 is 19.5 Å². The van der Waals surface area contributed by atoms with Gasteiger partial charge in [0.15, 0.2) is 18.1 Å². The van der Waals surface area contributed by atoms with Crippen molar-refractivity contribution in [3.63, 3.8) is 0 Å². The molecule has 6 nitrogen and oxygen atoms in total. The summed E-state index contributed by atoms with van der Waals surface area (Å²) in [7, 11) is 0. The number of ether oxygens (including phenoxy) is 3. The predicted molar refractivity (Wildman–Crippen MR) is 103 cm³/mol. The summed E-state index contributed by atoms with van der Waals surface area (Å²) in [5.41, 5.74) is 1.09. The molecule has 0 radical (unpaired) electrons. The minimum atomic E-state index is -0.655. The molecule has 0 fully saturated rings. The molecule has 140 valence electrons. The Balaban J connectivity index is 1.51. The second-order valence-electron chi connectivity index (χ2n) is 5.52. The van der Waals surface area contributed by atoms with Crippen LogP contribution in [0.2, 0.25) is 10.0 Å². The Kier molecular flexibility index (Phi) is 6.21. The molecule has 2 aromatic rings.